The highest BCUT2D eigenvalue weighted by molar-refractivity contribution is 8.18. The number of nitrogens with one attached hydrogen (secondary N) is 1. The number of halogens is 1. The largest absolute Gasteiger partial charge is 0.300 e. The molecule has 0 bridgehead atoms. The standard InChI is InChI=1S/C18H15FN2OS/c1-11-4-3-5-15(12(11)2)20-18-21-17(22)16(23-18)10-13-6-8-14(19)9-7-13/h3-10H,1-2H3,(H,20,21,22). The molecular weight excluding hydrogens is 311 g/mol. The number of amidine groups is 1. The van der Waals surface area contributed by atoms with Gasteiger partial charge in [0, 0.05) is 0 Å². The number of carbonyl (C=O) groups is 1. The van der Waals surface area contributed by atoms with E-state index in [2.05, 4.69) is 10.3 Å². The van der Waals surface area contributed by atoms with Crippen LogP contribution in [0.25, 0.3) is 6.08 Å². The highest BCUT2D eigenvalue weighted by Crippen LogP contribution is 2.29. The fraction of sp³-hybridized carbons (Fsp3) is 0.111. The van der Waals surface area contributed by atoms with Gasteiger partial charge in [-0.25, -0.2) is 9.38 Å². The van der Waals surface area contributed by atoms with E-state index in [-0.39, 0.29) is 11.7 Å². The molecule has 0 radical (unpaired) electrons. The smallest absolute Gasteiger partial charge is 0.264 e. The second-order valence-corrected chi connectivity index (χ2v) is 6.28. The number of thioether (sulfide) groups is 1. The van der Waals surface area contributed by atoms with Crippen molar-refractivity contribution >= 4 is 34.6 Å². The zero-order chi connectivity index (χ0) is 16.4. The molecule has 5 heteroatoms. The average molecular weight is 326 g/mol. The molecule has 1 aliphatic heterocycles. The van der Waals surface area contributed by atoms with Gasteiger partial charge in [0.1, 0.15) is 5.82 Å². The molecule has 0 spiro atoms. The summed E-state index contributed by atoms with van der Waals surface area (Å²) in [7, 11) is 0. The minimum atomic E-state index is -0.298. The summed E-state index contributed by atoms with van der Waals surface area (Å²) in [6, 6.07) is 11.9. The zero-order valence-electron chi connectivity index (χ0n) is 12.8. The summed E-state index contributed by atoms with van der Waals surface area (Å²) >= 11 is 1.28. The predicted molar refractivity (Wildman–Crippen MR) is 93.1 cm³/mol. The Labute approximate surface area is 138 Å². The maximum Gasteiger partial charge on any atom is 0.264 e. The molecule has 23 heavy (non-hydrogen) atoms. The molecule has 0 atom stereocenters. The first-order valence-corrected chi connectivity index (χ1v) is 7.96. The molecule has 0 aromatic heterocycles. The molecule has 0 unspecified atom stereocenters. The first-order valence-electron chi connectivity index (χ1n) is 7.14. The Balaban J connectivity index is 1.86. The topological polar surface area (TPSA) is 41.5 Å². The van der Waals surface area contributed by atoms with Gasteiger partial charge in [0.05, 0.1) is 10.6 Å². The lowest BCUT2D eigenvalue weighted by atomic mass is 10.1. The van der Waals surface area contributed by atoms with Crippen LogP contribution in [-0.2, 0) is 4.79 Å². The Hall–Kier alpha value is -2.40. The van der Waals surface area contributed by atoms with Gasteiger partial charge in [0.15, 0.2) is 5.17 Å². The molecule has 1 N–H and O–H groups in total. The maximum atomic E-state index is 12.9. The van der Waals surface area contributed by atoms with Crippen LogP contribution in [0.5, 0.6) is 0 Å². The Kier molecular flexibility index (Phi) is 4.30. The summed E-state index contributed by atoms with van der Waals surface area (Å²) in [4.78, 5) is 17.1. The lowest BCUT2D eigenvalue weighted by Crippen LogP contribution is -2.19. The minimum absolute atomic E-state index is 0.191. The average Bonchev–Trinajstić information content (AvgIpc) is 2.86. The van der Waals surface area contributed by atoms with Crippen LogP contribution in [0.3, 0.4) is 0 Å². The van der Waals surface area contributed by atoms with E-state index in [1.54, 1.807) is 18.2 Å². The summed E-state index contributed by atoms with van der Waals surface area (Å²) in [6.45, 7) is 4.03. The van der Waals surface area contributed by atoms with Gasteiger partial charge in [-0.05, 0) is 66.6 Å². The van der Waals surface area contributed by atoms with Crippen LogP contribution in [0, 0.1) is 19.7 Å². The fourth-order valence-corrected chi connectivity index (χ4v) is 2.99. The van der Waals surface area contributed by atoms with Crippen molar-refractivity contribution in [1.82, 2.24) is 5.32 Å². The number of hydrogen-bond donors (Lipinski definition) is 1. The molecular formula is C18H15FN2OS. The van der Waals surface area contributed by atoms with Gasteiger partial charge in [0.25, 0.3) is 5.91 Å². The van der Waals surface area contributed by atoms with E-state index >= 15 is 0 Å². The van der Waals surface area contributed by atoms with Gasteiger partial charge in [-0.1, -0.05) is 24.3 Å². The molecule has 1 fully saturated rings. The maximum absolute atomic E-state index is 12.9. The predicted octanol–water partition coefficient (Wildman–Crippen LogP) is 4.33. The first kappa shape index (κ1) is 15.5. The van der Waals surface area contributed by atoms with Crippen LogP contribution in [-0.4, -0.2) is 11.1 Å². The molecule has 116 valence electrons. The van der Waals surface area contributed by atoms with E-state index in [4.69, 9.17) is 0 Å². The van der Waals surface area contributed by atoms with Crippen LogP contribution in [0.4, 0.5) is 10.1 Å². The molecule has 1 amide bonds. The van der Waals surface area contributed by atoms with Crippen LogP contribution in [0.1, 0.15) is 16.7 Å². The number of nitrogens with zero attached hydrogens (tertiary/aromatic N) is 1. The normalized spacial score (nSPS) is 17.8. The number of aryl methyl sites for hydroxylation is 1. The van der Waals surface area contributed by atoms with Gasteiger partial charge in [-0.3, -0.25) is 4.79 Å². The molecule has 2 aromatic carbocycles. The molecule has 1 aliphatic rings. The van der Waals surface area contributed by atoms with Crippen molar-refractivity contribution in [3.63, 3.8) is 0 Å². The van der Waals surface area contributed by atoms with Crippen LogP contribution < -0.4 is 5.32 Å². The van der Waals surface area contributed by atoms with Crippen molar-refractivity contribution in [2.45, 2.75) is 13.8 Å². The lowest BCUT2D eigenvalue weighted by Gasteiger charge is -2.04. The second kappa shape index (κ2) is 6.38. The highest BCUT2D eigenvalue weighted by atomic mass is 32.2. The number of hydrogen-bond acceptors (Lipinski definition) is 3. The third-order valence-electron chi connectivity index (χ3n) is 3.62. The van der Waals surface area contributed by atoms with E-state index in [0.29, 0.717) is 10.1 Å². The Bertz CT molecular complexity index is 825. The number of rotatable bonds is 2. The van der Waals surface area contributed by atoms with E-state index in [9.17, 15) is 9.18 Å². The van der Waals surface area contributed by atoms with Crippen molar-refractivity contribution in [3.05, 3.63) is 69.9 Å². The lowest BCUT2D eigenvalue weighted by molar-refractivity contribution is -0.115. The van der Waals surface area contributed by atoms with Crippen molar-refractivity contribution in [3.8, 4) is 0 Å². The highest BCUT2D eigenvalue weighted by Gasteiger charge is 2.23. The molecule has 0 saturated carbocycles. The van der Waals surface area contributed by atoms with Gasteiger partial charge >= 0.3 is 0 Å². The molecule has 3 rings (SSSR count). The van der Waals surface area contributed by atoms with Crippen LogP contribution >= 0.6 is 11.8 Å². The van der Waals surface area contributed by atoms with Gasteiger partial charge in [-0.15, -0.1) is 0 Å². The Morgan fingerprint density at radius 2 is 1.87 bits per heavy atom. The van der Waals surface area contributed by atoms with Gasteiger partial charge in [-0.2, -0.15) is 0 Å². The number of amides is 1. The van der Waals surface area contributed by atoms with Crippen molar-refractivity contribution in [2.24, 2.45) is 4.99 Å². The summed E-state index contributed by atoms with van der Waals surface area (Å²) in [5.74, 6) is -0.490. The molecule has 3 nitrogen and oxygen atoms in total. The third kappa shape index (κ3) is 3.51. The molecule has 2 aromatic rings. The summed E-state index contributed by atoms with van der Waals surface area (Å²) < 4.78 is 12.9. The summed E-state index contributed by atoms with van der Waals surface area (Å²) in [6.07, 6.45) is 1.73. The summed E-state index contributed by atoms with van der Waals surface area (Å²) in [5.41, 5.74) is 3.86. The van der Waals surface area contributed by atoms with Crippen molar-refractivity contribution in [2.75, 3.05) is 0 Å². The van der Waals surface area contributed by atoms with E-state index in [1.807, 2.05) is 32.0 Å². The van der Waals surface area contributed by atoms with Gasteiger partial charge in [0.2, 0.25) is 0 Å². The number of aliphatic imine (C=N–C) groups is 1. The first-order chi connectivity index (χ1) is 11.0. The monoisotopic (exact) mass is 326 g/mol. The Morgan fingerprint density at radius 3 is 2.61 bits per heavy atom. The van der Waals surface area contributed by atoms with Crippen molar-refractivity contribution in [1.29, 1.82) is 0 Å². The molecule has 0 aliphatic carbocycles. The van der Waals surface area contributed by atoms with Crippen molar-refractivity contribution < 1.29 is 9.18 Å². The van der Waals surface area contributed by atoms with Gasteiger partial charge < -0.3 is 5.32 Å². The number of carbonyl (C=O) groups excluding carboxylic acids is 1. The molecule has 1 saturated heterocycles. The SMILES string of the molecule is Cc1cccc(N=C2NC(=O)C(=Cc3ccc(F)cc3)S2)c1C. The summed E-state index contributed by atoms with van der Waals surface area (Å²) in [5, 5.41) is 3.32. The zero-order valence-corrected chi connectivity index (χ0v) is 13.6. The van der Waals surface area contributed by atoms with E-state index in [1.165, 1.54) is 23.9 Å². The van der Waals surface area contributed by atoms with Crippen LogP contribution in [0.2, 0.25) is 0 Å². The third-order valence-corrected chi connectivity index (χ3v) is 4.53. The fourth-order valence-electron chi connectivity index (χ4n) is 2.16. The Morgan fingerprint density at radius 1 is 1.13 bits per heavy atom. The molecule has 1 heterocycles. The minimum Gasteiger partial charge on any atom is -0.300 e. The van der Waals surface area contributed by atoms with E-state index < -0.39 is 0 Å². The van der Waals surface area contributed by atoms with Crippen LogP contribution in [0.15, 0.2) is 52.4 Å². The quantitative estimate of drug-likeness (QED) is 0.834. The number of benzene rings is 2. The van der Waals surface area contributed by atoms with E-state index in [0.717, 1.165) is 22.4 Å². The second-order valence-electron chi connectivity index (χ2n) is 5.25.